The Balaban J connectivity index is 2.09. The van der Waals surface area contributed by atoms with E-state index in [1.807, 2.05) is 0 Å². The van der Waals surface area contributed by atoms with Crippen LogP contribution in [0.2, 0.25) is 0 Å². The maximum absolute atomic E-state index is 11.6. The van der Waals surface area contributed by atoms with E-state index in [0.29, 0.717) is 17.1 Å². The van der Waals surface area contributed by atoms with Crippen LogP contribution >= 0.6 is 11.8 Å². The van der Waals surface area contributed by atoms with E-state index in [4.69, 9.17) is 14.6 Å². The average molecular weight is 337 g/mol. The van der Waals surface area contributed by atoms with E-state index in [9.17, 15) is 9.59 Å². The number of carboxylic acid groups (broad SMARTS) is 1. The Morgan fingerprint density at radius 2 is 2.22 bits per heavy atom. The third-order valence-corrected chi connectivity index (χ3v) is 3.99. The number of methoxy groups -OCH3 is 2. The van der Waals surface area contributed by atoms with Crippen molar-refractivity contribution in [2.75, 3.05) is 14.2 Å². The van der Waals surface area contributed by atoms with Crippen LogP contribution in [-0.2, 0) is 9.59 Å². The first-order valence-electron chi connectivity index (χ1n) is 6.56. The summed E-state index contributed by atoms with van der Waals surface area (Å²) in [5.41, 5.74) is 0.660. The van der Waals surface area contributed by atoms with Crippen molar-refractivity contribution in [2.24, 2.45) is 10.2 Å². The molecule has 1 aliphatic rings. The summed E-state index contributed by atoms with van der Waals surface area (Å²) in [6.45, 7) is 0. The minimum absolute atomic E-state index is 0.261. The number of hydrogen-bond donors (Lipinski definition) is 2. The molecular weight excluding hydrogens is 322 g/mol. The van der Waals surface area contributed by atoms with Gasteiger partial charge in [-0.3, -0.25) is 9.59 Å². The summed E-state index contributed by atoms with van der Waals surface area (Å²) < 4.78 is 10.3. The molecule has 2 rings (SSSR count). The fraction of sp³-hybridized carbons (Fsp3) is 0.286. The summed E-state index contributed by atoms with van der Waals surface area (Å²) in [6, 6.07) is 5.23. The van der Waals surface area contributed by atoms with Gasteiger partial charge < -0.3 is 19.9 Å². The molecule has 0 spiro atoms. The molecule has 9 heteroatoms. The first kappa shape index (κ1) is 16.8. The Morgan fingerprint density at radius 3 is 2.87 bits per heavy atom. The summed E-state index contributed by atoms with van der Waals surface area (Å²) in [4.78, 5) is 22.2. The topological polar surface area (TPSA) is 110 Å². The molecule has 23 heavy (non-hydrogen) atoms. The van der Waals surface area contributed by atoms with Crippen molar-refractivity contribution in [1.82, 2.24) is 5.32 Å². The summed E-state index contributed by atoms with van der Waals surface area (Å²) >= 11 is 1.04. The summed E-state index contributed by atoms with van der Waals surface area (Å²) in [6.07, 6.45) is 1.20. The maximum Gasteiger partial charge on any atom is 0.305 e. The van der Waals surface area contributed by atoms with E-state index in [1.165, 1.54) is 13.3 Å². The molecule has 2 N–H and O–H groups in total. The molecule has 8 nitrogen and oxygen atoms in total. The quantitative estimate of drug-likeness (QED) is 0.594. The van der Waals surface area contributed by atoms with E-state index in [0.717, 1.165) is 11.8 Å². The van der Waals surface area contributed by atoms with Gasteiger partial charge in [-0.2, -0.15) is 5.10 Å². The van der Waals surface area contributed by atoms with Gasteiger partial charge in [0.25, 0.3) is 0 Å². The molecule has 0 radical (unpaired) electrons. The Bertz CT molecular complexity index is 674. The van der Waals surface area contributed by atoms with E-state index < -0.39 is 11.2 Å². The molecular formula is C14H15N3O5S. The van der Waals surface area contributed by atoms with Crippen LogP contribution in [0.15, 0.2) is 28.4 Å². The number of aliphatic carboxylic acids is 1. The molecule has 1 heterocycles. The van der Waals surface area contributed by atoms with Crippen molar-refractivity contribution in [3.63, 3.8) is 0 Å². The highest BCUT2D eigenvalue weighted by Crippen LogP contribution is 2.24. The molecule has 0 aliphatic carbocycles. The van der Waals surface area contributed by atoms with Crippen molar-refractivity contribution in [3.05, 3.63) is 23.8 Å². The van der Waals surface area contributed by atoms with Gasteiger partial charge in [-0.15, -0.1) is 5.10 Å². The summed E-state index contributed by atoms with van der Waals surface area (Å²) in [7, 11) is 3.09. The third-order valence-electron chi connectivity index (χ3n) is 2.92. The molecule has 0 saturated carbocycles. The molecule has 1 atom stereocenters. The zero-order valence-corrected chi connectivity index (χ0v) is 13.3. The fourth-order valence-electron chi connectivity index (χ4n) is 1.83. The number of thioether (sulfide) groups is 1. The normalized spacial score (nSPS) is 19.1. The second kappa shape index (κ2) is 7.63. The lowest BCUT2D eigenvalue weighted by atomic mass is 10.2. The molecule has 1 aromatic carbocycles. The monoisotopic (exact) mass is 337 g/mol. The predicted octanol–water partition coefficient (Wildman–Crippen LogP) is 1.10. The van der Waals surface area contributed by atoms with Crippen molar-refractivity contribution < 1.29 is 24.2 Å². The molecule has 1 fully saturated rings. The number of benzene rings is 1. The van der Waals surface area contributed by atoms with Crippen LogP contribution < -0.4 is 14.8 Å². The Hall–Kier alpha value is -2.55. The third kappa shape index (κ3) is 4.46. The number of carboxylic acids is 1. The first-order chi connectivity index (χ1) is 11.0. The summed E-state index contributed by atoms with van der Waals surface area (Å²) in [5, 5.41) is 18.6. The second-order valence-corrected chi connectivity index (χ2v) is 5.64. The fourth-order valence-corrected chi connectivity index (χ4v) is 2.74. The highest BCUT2D eigenvalue weighted by Gasteiger charge is 2.32. The van der Waals surface area contributed by atoms with Gasteiger partial charge >= 0.3 is 5.97 Å². The molecule has 0 aromatic heterocycles. The minimum atomic E-state index is -1.04. The molecule has 1 aromatic rings. The number of amidine groups is 1. The lowest BCUT2D eigenvalue weighted by Gasteiger charge is -2.06. The maximum atomic E-state index is 11.6. The number of carbonyl (C=O) groups excluding carboxylic acids is 1. The molecule has 1 unspecified atom stereocenters. The van der Waals surface area contributed by atoms with Crippen LogP contribution in [-0.4, -0.2) is 47.8 Å². The van der Waals surface area contributed by atoms with Gasteiger partial charge in [-0.05, 0) is 18.2 Å². The van der Waals surface area contributed by atoms with E-state index in [-0.39, 0.29) is 17.5 Å². The number of amides is 1. The van der Waals surface area contributed by atoms with Crippen molar-refractivity contribution >= 4 is 35.0 Å². The van der Waals surface area contributed by atoms with Crippen LogP contribution in [0, 0.1) is 0 Å². The molecule has 1 aliphatic heterocycles. The summed E-state index contributed by atoms with van der Waals surface area (Å²) in [5.74, 6) is -0.180. The van der Waals surface area contributed by atoms with Gasteiger partial charge in [0, 0.05) is 5.56 Å². The SMILES string of the molecule is COc1ccc(OC)c(C=NN=C2NC(=O)C(CC(=O)O)S2)c1. The molecule has 122 valence electrons. The van der Waals surface area contributed by atoms with Crippen molar-refractivity contribution in [2.45, 2.75) is 11.7 Å². The average Bonchev–Trinajstić information content (AvgIpc) is 2.86. The van der Waals surface area contributed by atoms with Crippen LogP contribution in [0.1, 0.15) is 12.0 Å². The Morgan fingerprint density at radius 1 is 1.43 bits per heavy atom. The number of carbonyl (C=O) groups is 2. The Kier molecular flexibility index (Phi) is 5.58. The predicted molar refractivity (Wildman–Crippen MR) is 86.3 cm³/mol. The van der Waals surface area contributed by atoms with Gasteiger partial charge in [0.2, 0.25) is 5.91 Å². The highest BCUT2D eigenvalue weighted by atomic mass is 32.2. The van der Waals surface area contributed by atoms with Gasteiger partial charge in [-0.1, -0.05) is 11.8 Å². The zero-order valence-electron chi connectivity index (χ0n) is 12.5. The lowest BCUT2D eigenvalue weighted by Crippen LogP contribution is -2.26. The van der Waals surface area contributed by atoms with Crippen LogP contribution in [0.3, 0.4) is 0 Å². The smallest absolute Gasteiger partial charge is 0.305 e. The van der Waals surface area contributed by atoms with Gasteiger partial charge in [0.1, 0.15) is 16.7 Å². The van der Waals surface area contributed by atoms with Gasteiger partial charge in [0.05, 0.1) is 26.9 Å². The standard InChI is InChI=1S/C14H15N3O5S/c1-21-9-3-4-10(22-2)8(5-9)7-15-17-14-16-13(20)11(23-14)6-12(18)19/h3-5,7,11H,6H2,1-2H3,(H,18,19)(H,16,17,20). The minimum Gasteiger partial charge on any atom is -0.497 e. The van der Waals surface area contributed by atoms with Gasteiger partial charge in [-0.25, -0.2) is 0 Å². The lowest BCUT2D eigenvalue weighted by molar-refractivity contribution is -0.138. The number of nitrogens with zero attached hydrogens (tertiary/aromatic N) is 2. The Labute approximate surface area is 136 Å². The van der Waals surface area contributed by atoms with E-state index >= 15 is 0 Å². The number of ether oxygens (including phenoxy) is 2. The van der Waals surface area contributed by atoms with E-state index in [2.05, 4.69) is 15.5 Å². The van der Waals surface area contributed by atoms with Crippen molar-refractivity contribution in [1.29, 1.82) is 0 Å². The van der Waals surface area contributed by atoms with Crippen molar-refractivity contribution in [3.8, 4) is 11.5 Å². The molecule has 1 amide bonds. The number of nitrogens with one attached hydrogen (secondary N) is 1. The van der Waals surface area contributed by atoms with Crippen LogP contribution in [0.4, 0.5) is 0 Å². The number of rotatable bonds is 6. The van der Waals surface area contributed by atoms with E-state index in [1.54, 1.807) is 25.3 Å². The second-order valence-electron chi connectivity index (χ2n) is 4.45. The van der Waals surface area contributed by atoms with Gasteiger partial charge in [0.15, 0.2) is 5.17 Å². The molecule has 1 saturated heterocycles. The van der Waals surface area contributed by atoms with Crippen LogP contribution in [0.25, 0.3) is 0 Å². The zero-order chi connectivity index (χ0) is 16.8. The largest absolute Gasteiger partial charge is 0.497 e. The molecule has 0 bridgehead atoms. The van der Waals surface area contributed by atoms with Crippen LogP contribution in [0.5, 0.6) is 11.5 Å². The highest BCUT2D eigenvalue weighted by molar-refractivity contribution is 8.15. The first-order valence-corrected chi connectivity index (χ1v) is 7.44. The number of hydrogen-bond acceptors (Lipinski definition) is 7.